The van der Waals surface area contributed by atoms with Gasteiger partial charge in [0.2, 0.25) is 23.5 Å². The zero-order chi connectivity index (χ0) is 30.4. The minimum absolute atomic E-state index is 0.0120. The molecular formula is C33H46N4O5. The van der Waals surface area contributed by atoms with Gasteiger partial charge in [0.1, 0.15) is 12.1 Å². The molecule has 0 radical (unpaired) electrons. The molecule has 1 aromatic rings. The zero-order valence-electron chi connectivity index (χ0n) is 25.2. The van der Waals surface area contributed by atoms with Crippen molar-refractivity contribution < 1.29 is 24.0 Å². The normalized spacial score (nSPS) is 24.1. The molecule has 4 rings (SSSR count). The lowest BCUT2D eigenvalue weighted by atomic mass is 9.80. The van der Waals surface area contributed by atoms with Crippen molar-refractivity contribution in [2.75, 3.05) is 13.1 Å². The van der Waals surface area contributed by atoms with E-state index in [1.165, 1.54) is 12.5 Å². The maximum Gasteiger partial charge on any atom is 0.289 e. The predicted molar refractivity (Wildman–Crippen MR) is 160 cm³/mol. The Balaban J connectivity index is 1.32. The molecule has 9 nitrogen and oxygen atoms in total. The molecule has 0 aromatic heterocycles. The Hall–Kier alpha value is -3.49. The maximum absolute atomic E-state index is 13.7. The van der Waals surface area contributed by atoms with Gasteiger partial charge in [-0.25, -0.2) is 0 Å². The second-order valence-corrected chi connectivity index (χ2v) is 12.8. The summed E-state index contributed by atoms with van der Waals surface area (Å²) in [4.78, 5) is 67.0. The van der Waals surface area contributed by atoms with Crippen molar-refractivity contribution in [1.29, 1.82) is 0 Å². The fraction of sp³-hybridized carbons (Fsp3) is 0.606. The van der Waals surface area contributed by atoms with Crippen molar-refractivity contribution in [1.82, 2.24) is 20.9 Å². The Morgan fingerprint density at radius 2 is 1.74 bits per heavy atom. The van der Waals surface area contributed by atoms with Crippen molar-refractivity contribution in [3.8, 4) is 0 Å². The first-order valence-corrected chi connectivity index (χ1v) is 15.4. The lowest BCUT2D eigenvalue weighted by Crippen LogP contribution is -2.56. The number of Topliss-reactive ketones (excluding diaryl/α,β-unsaturated/α-hetero) is 1. The van der Waals surface area contributed by atoms with E-state index in [4.69, 9.17) is 0 Å². The smallest absolute Gasteiger partial charge is 0.289 e. The molecule has 3 aliphatic rings. The van der Waals surface area contributed by atoms with Crippen LogP contribution in [0.5, 0.6) is 0 Å². The number of ketones is 1. The van der Waals surface area contributed by atoms with Crippen LogP contribution in [0.2, 0.25) is 0 Å². The molecule has 2 aliphatic carbocycles. The highest BCUT2D eigenvalue weighted by atomic mass is 16.2. The molecule has 4 amide bonds. The molecule has 42 heavy (non-hydrogen) atoms. The molecular weight excluding hydrogens is 532 g/mol. The van der Waals surface area contributed by atoms with E-state index in [2.05, 4.69) is 36.4 Å². The van der Waals surface area contributed by atoms with Crippen LogP contribution in [0, 0.1) is 29.1 Å². The van der Waals surface area contributed by atoms with Crippen LogP contribution in [0.15, 0.2) is 43.0 Å². The van der Waals surface area contributed by atoms with Crippen LogP contribution in [0.25, 0.3) is 0 Å². The number of hydrogen-bond acceptors (Lipinski definition) is 5. The van der Waals surface area contributed by atoms with Gasteiger partial charge in [-0.1, -0.05) is 76.4 Å². The Labute approximate surface area is 249 Å². The lowest BCUT2D eigenvalue weighted by Gasteiger charge is -2.35. The molecule has 1 aromatic carbocycles. The van der Waals surface area contributed by atoms with Crippen LogP contribution in [-0.2, 0) is 30.5 Å². The van der Waals surface area contributed by atoms with Crippen molar-refractivity contribution in [3.63, 3.8) is 0 Å². The number of amides is 4. The van der Waals surface area contributed by atoms with E-state index in [0.717, 1.165) is 31.2 Å². The fourth-order valence-corrected chi connectivity index (χ4v) is 6.99. The number of fused-ring (bicyclic) bond motifs is 1. The number of nitrogens with zero attached hydrogens (tertiary/aromatic N) is 1. The molecule has 1 unspecified atom stereocenters. The SMILES string of the molecule is C=CCC(NC(=O)[C@@H]1[C@@H]2[C@H](CN1C(=O)[C@@H](C)C1CCCCC1)C2(C)C)C(=O)C(=O)NCCC(=O)NCc1ccccc1. The molecule has 0 spiro atoms. The summed E-state index contributed by atoms with van der Waals surface area (Å²) in [6, 6.07) is 7.70. The highest BCUT2D eigenvalue weighted by molar-refractivity contribution is 6.38. The molecule has 1 heterocycles. The van der Waals surface area contributed by atoms with Gasteiger partial charge in [0, 0.05) is 32.0 Å². The van der Waals surface area contributed by atoms with Gasteiger partial charge in [0.15, 0.2) is 0 Å². The first-order valence-electron chi connectivity index (χ1n) is 15.4. The van der Waals surface area contributed by atoms with Gasteiger partial charge in [-0.2, -0.15) is 0 Å². The highest BCUT2D eigenvalue weighted by Gasteiger charge is 2.69. The first-order chi connectivity index (χ1) is 20.1. The number of carbonyl (C=O) groups is 5. The summed E-state index contributed by atoms with van der Waals surface area (Å²) in [5.74, 6) is -1.87. The second kappa shape index (κ2) is 13.7. The molecule has 3 N–H and O–H groups in total. The summed E-state index contributed by atoms with van der Waals surface area (Å²) < 4.78 is 0. The van der Waals surface area contributed by atoms with E-state index in [1.54, 1.807) is 4.90 Å². The van der Waals surface area contributed by atoms with Crippen LogP contribution >= 0.6 is 0 Å². The monoisotopic (exact) mass is 578 g/mol. The molecule has 3 fully saturated rings. The summed E-state index contributed by atoms with van der Waals surface area (Å²) in [6.45, 7) is 10.8. The van der Waals surface area contributed by atoms with Gasteiger partial charge in [-0.05, 0) is 48.0 Å². The van der Waals surface area contributed by atoms with Crippen LogP contribution in [-0.4, -0.2) is 59.5 Å². The maximum atomic E-state index is 13.7. The van der Waals surface area contributed by atoms with Crippen LogP contribution in [0.4, 0.5) is 0 Å². The van der Waals surface area contributed by atoms with Gasteiger partial charge >= 0.3 is 0 Å². The van der Waals surface area contributed by atoms with Crippen molar-refractivity contribution >= 4 is 29.4 Å². The average molecular weight is 579 g/mol. The van der Waals surface area contributed by atoms with E-state index < -0.39 is 29.7 Å². The van der Waals surface area contributed by atoms with Crippen molar-refractivity contribution in [3.05, 3.63) is 48.6 Å². The second-order valence-electron chi connectivity index (χ2n) is 12.8. The van der Waals surface area contributed by atoms with E-state index in [0.29, 0.717) is 19.0 Å². The summed E-state index contributed by atoms with van der Waals surface area (Å²) in [5, 5.41) is 8.07. The van der Waals surface area contributed by atoms with Crippen molar-refractivity contribution in [2.45, 2.75) is 84.3 Å². The lowest BCUT2D eigenvalue weighted by molar-refractivity contribution is -0.146. The van der Waals surface area contributed by atoms with Gasteiger partial charge in [-0.15, -0.1) is 6.58 Å². The number of carbonyl (C=O) groups excluding carboxylic acids is 5. The third kappa shape index (κ3) is 7.10. The standard InChI is InChI=1S/C33H46N4O5/c1-5-12-25(29(39)31(41)34-18-17-26(38)35-19-22-13-8-6-9-14-22)36-30(40)28-27-24(33(27,3)4)20-37(28)32(42)21(2)23-15-10-7-11-16-23/h5-6,8-9,13-14,21,23-25,27-28H,1,7,10-12,15-20H2,2-4H3,(H,34,41)(H,35,38)(H,36,40)/t21-,24-,25?,27-,28-/m0/s1. The molecule has 0 bridgehead atoms. The van der Waals surface area contributed by atoms with Crippen LogP contribution < -0.4 is 16.0 Å². The number of rotatable bonds is 13. The summed E-state index contributed by atoms with van der Waals surface area (Å²) in [5.41, 5.74) is 0.892. The number of benzene rings is 1. The van der Waals surface area contributed by atoms with Gasteiger partial charge < -0.3 is 20.9 Å². The summed E-state index contributed by atoms with van der Waals surface area (Å²) in [7, 11) is 0. The molecule has 5 atom stereocenters. The molecule has 2 saturated carbocycles. The Morgan fingerprint density at radius 3 is 2.40 bits per heavy atom. The zero-order valence-corrected chi connectivity index (χ0v) is 25.2. The van der Waals surface area contributed by atoms with Crippen molar-refractivity contribution in [2.24, 2.45) is 29.1 Å². The summed E-state index contributed by atoms with van der Waals surface area (Å²) >= 11 is 0. The van der Waals surface area contributed by atoms with Crippen LogP contribution in [0.1, 0.15) is 71.3 Å². The van der Waals surface area contributed by atoms with E-state index in [-0.39, 0.29) is 54.4 Å². The molecule has 1 aliphatic heterocycles. The molecule has 228 valence electrons. The minimum atomic E-state index is -1.10. The summed E-state index contributed by atoms with van der Waals surface area (Å²) in [6.07, 6.45) is 7.13. The van der Waals surface area contributed by atoms with Gasteiger partial charge in [0.05, 0.1) is 0 Å². The third-order valence-corrected chi connectivity index (χ3v) is 9.74. The van der Waals surface area contributed by atoms with Crippen LogP contribution in [0.3, 0.4) is 0 Å². The Bertz CT molecular complexity index is 1180. The number of piperidine rings is 1. The highest BCUT2D eigenvalue weighted by Crippen LogP contribution is 2.65. The predicted octanol–water partition coefficient (Wildman–Crippen LogP) is 3.14. The Kier molecular flexibility index (Phi) is 10.2. The first kappa shape index (κ1) is 31.4. The van der Waals surface area contributed by atoms with E-state index in [9.17, 15) is 24.0 Å². The molecule has 1 saturated heterocycles. The topological polar surface area (TPSA) is 125 Å². The average Bonchev–Trinajstić information content (AvgIpc) is 3.31. The fourth-order valence-electron chi connectivity index (χ4n) is 6.99. The number of hydrogen-bond donors (Lipinski definition) is 3. The van der Waals surface area contributed by atoms with Gasteiger partial charge in [-0.3, -0.25) is 24.0 Å². The quantitative estimate of drug-likeness (QED) is 0.245. The number of nitrogens with one attached hydrogen (secondary N) is 3. The third-order valence-electron chi connectivity index (χ3n) is 9.74. The van der Waals surface area contributed by atoms with Gasteiger partial charge in [0.25, 0.3) is 5.91 Å². The van der Waals surface area contributed by atoms with E-state index in [1.807, 2.05) is 37.3 Å². The largest absolute Gasteiger partial charge is 0.352 e. The van der Waals surface area contributed by atoms with E-state index >= 15 is 0 Å². The minimum Gasteiger partial charge on any atom is -0.352 e. The molecule has 9 heteroatoms. The Morgan fingerprint density at radius 1 is 1.05 bits per heavy atom. The number of likely N-dealkylation sites (tertiary alicyclic amines) is 1.